The molecule has 0 aliphatic carbocycles. The summed E-state index contributed by atoms with van der Waals surface area (Å²) in [5.41, 5.74) is 3.63. The lowest BCUT2D eigenvalue weighted by Crippen LogP contribution is -2.34. The molecule has 4 rings (SSSR count). The van der Waals surface area contributed by atoms with Gasteiger partial charge in [-0.25, -0.2) is 4.98 Å². The third kappa shape index (κ3) is 4.76. The van der Waals surface area contributed by atoms with Gasteiger partial charge < -0.3 is 10.1 Å². The number of nitrogens with zero attached hydrogens (tertiary/aromatic N) is 2. The minimum absolute atomic E-state index is 0.112. The average molecular weight is 432 g/mol. The summed E-state index contributed by atoms with van der Waals surface area (Å²) in [7, 11) is 3.56. The standard InChI is InChI=1S/C25H25N3O2S/c1-17-13-14-21(30-3)20(15-17)27-25(29)24(18-9-5-4-6-10-18)28(2)16-23-26-19-11-7-8-12-22(19)31-23/h4-15,24H,16H2,1-3H3,(H,27,29)/t24-/m0/s1. The molecule has 6 heteroatoms. The van der Waals surface area contributed by atoms with E-state index in [9.17, 15) is 4.79 Å². The zero-order valence-electron chi connectivity index (χ0n) is 17.8. The van der Waals surface area contributed by atoms with E-state index in [2.05, 4.69) is 11.4 Å². The summed E-state index contributed by atoms with van der Waals surface area (Å²) in [6, 6.07) is 23.2. The summed E-state index contributed by atoms with van der Waals surface area (Å²) >= 11 is 1.66. The Morgan fingerprint density at radius 2 is 1.84 bits per heavy atom. The van der Waals surface area contributed by atoms with Gasteiger partial charge in [-0.1, -0.05) is 48.5 Å². The molecule has 1 amide bonds. The predicted molar refractivity (Wildman–Crippen MR) is 127 cm³/mol. The quantitative estimate of drug-likeness (QED) is 0.424. The zero-order chi connectivity index (χ0) is 21.8. The Hall–Kier alpha value is -3.22. The van der Waals surface area contributed by atoms with Crippen molar-refractivity contribution in [2.24, 2.45) is 0 Å². The molecule has 0 radical (unpaired) electrons. The maximum Gasteiger partial charge on any atom is 0.246 e. The lowest BCUT2D eigenvalue weighted by atomic mass is 10.0. The van der Waals surface area contributed by atoms with Gasteiger partial charge in [0.25, 0.3) is 0 Å². The van der Waals surface area contributed by atoms with Gasteiger partial charge in [-0.05, 0) is 49.4 Å². The number of hydrogen-bond donors (Lipinski definition) is 1. The topological polar surface area (TPSA) is 54.5 Å². The number of aryl methyl sites for hydroxylation is 1. The minimum atomic E-state index is -0.474. The SMILES string of the molecule is COc1ccc(C)cc1NC(=O)[C@H](c1ccccc1)N(C)Cc1nc2ccccc2s1. The molecule has 31 heavy (non-hydrogen) atoms. The van der Waals surface area contributed by atoms with E-state index in [4.69, 9.17) is 9.72 Å². The molecule has 0 aliphatic rings. The second-order valence-electron chi connectivity index (χ2n) is 7.50. The Balaban J connectivity index is 1.62. The van der Waals surface area contributed by atoms with Crippen molar-refractivity contribution in [1.82, 2.24) is 9.88 Å². The van der Waals surface area contributed by atoms with Crippen molar-refractivity contribution in [2.45, 2.75) is 19.5 Å². The Morgan fingerprint density at radius 1 is 1.10 bits per heavy atom. The second-order valence-corrected chi connectivity index (χ2v) is 8.61. The fourth-order valence-electron chi connectivity index (χ4n) is 3.65. The van der Waals surface area contributed by atoms with Crippen LogP contribution in [0.2, 0.25) is 0 Å². The lowest BCUT2D eigenvalue weighted by molar-refractivity contribution is -0.121. The van der Waals surface area contributed by atoms with Gasteiger partial charge in [-0.2, -0.15) is 0 Å². The summed E-state index contributed by atoms with van der Waals surface area (Å²) < 4.78 is 6.59. The average Bonchev–Trinajstić information content (AvgIpc) is 3.17. The molecule has 0 fully saturated rings. The van der Waals surface area contributed by atoms with Crippen LogP contribution in [-0.2, 0) is 11.3 Å². The smallest absolute Gasteiger partial charge is 0.246 e. The normalized spacial score (nSPS) is 12.1. The van der Waals surface area contributed by atoms with Gasteiger partial charge in [0.15, 0.2) is 0 Å². The maximum absolute atomic E-state index is 13.5. The third-order valence-corrected chi connectivity index (χ3v) is 6.16. The number of carbonyl (C=O) groups is 1. The van der Waals surface area contributed by atoms with E-state index in [-0.39, 0.29) is 5.91 Å². The van der Waals surface area contributed by atoms with Crippen LogP contribution in [0.25, 0.3) is 10.2 Å². The van der Waals surface area contributed by atoms with E-state index >= 15 is 0 Å². The van der Waals surface area contributed by atoms with Gasteiger partial charge in [0, 0.05) is 0 Å². The van der Waals surface area contributed by atoms with Gasteiger partial charge in [0.2, 0.25) is 5.91 Å². The Labute approximate surface area is 186 Å². The van der Waals surface area contributed by atoms with Crippen LogP contribution >= 0.6 is 11.3 Å². The molecule has 1 N–H and O–H groups in total. The molecule has 0 saturated heterocycles. The number of benzene rings is 3. The van der Waals surface area contributed by atoms with Crippen molar-refractivity contribution in [2.75, 3.05) is 19.5 Å². The molecule has 5 nitrogen and oxygen atoms in total. The number of anilines is 1. The molecule has 1 heterocycles. The van der Waals surface area contributed by atoms with Crippen LogP contribution in [-0.4, -0.2) is 29.9 Å². The predicted octanol–water partition coefficient (Wildman–Crippen LogP) is 5.43. The van der Waals surface area contributed by atoms with Crippen molar-refractivity contribution in [3.63, 3.8) is 0 Å². The number of hydrogen-bond acceptors (Lipinski definition) is 5. The molecule has 1 atom stereocenters. The highest BCUT2D eigenvalue weighted by atomic mass is 32.1. The molecule has 0 bridgehead atoms. The Kier molecular flexibility index (Phi) is 6.30. The molecular formula is C25H25N3O2S. The highest BCUT2D eigenvalue weighted by molar-refractivity contribution is 7.18. The number of rotatable bonds is 7. The number of amides is 1. The van der Waals surface area contributed by atoms with Crippen molar-refractivity contribution < 1.29 is 9.53 Å². The molecule has 4 aromatic rings. The van der Waals surface area contributed by atoms with E-state index < -0.39 is 6.04 Å². The zero-order valence-corrected chi connectivity index (χ0v) is 18.6. The second kappa shape index (κ2) is 9.29. The van der Waals surface area contributed by atoms with E-state index in [1.54, 1.807) is 18.4 Å². The molecule has 158 valence electrons. The highest BCUT2D eigenvalue weighted by Gasteiger charge is 2.27. The van der Waals surface area contributed by atoms with Crippen LogP contribution < -0.4 is 10.1 Å². The monoisotopic (exact) mass is 431 g/mol. The summed E-state index contributed by atoms with van der Waals surface area (Å²) in [6.45, 7) is 2.56. The molecule has 0 aliphatic heterocycles. The van der Waals surface area contributed by atoms with Crippen LogP contribution in [0, 0.1) is 6.92 Å². The van der Waals surface area contributed by atoms with Crippen LogP contribution in [0.5, 0.6) is 5.75 Å². The fraction of sp³-hybridized carbons (Fsp3) is 0.200. The molecule has 1 aromatic heterocycles. The van der Waals surface area contributed by atoms with Crippen LogP contribution in [0.1, 0.15) is 22.2 Å². The van der Waals surface area contributed by atoms with E-state index in [0.717, 1.165) is 26.4 Å². The Bertz CT molecular complexity index is 1160. The fourth-order valence-corrected chi connectivity index (χ4v) is 4.69. The number of methoxy groups -OCH3 is 1. The van der Waals surface area contributed by atoms with Gasteiger partial charge in [-0.15, -0.1) is 11.3 Å². The number of thiazole rings is 1. The van der Waals surface area contributed by atoms with Crippen molar-refractivity contribution in [1.29, 1.82) is 0 Å². The molecule has 3 aromatic carbocycles. The summed E-state index contributed by atoms with van der Waals surface area (Å²) in [4.78, 5) is 20.2. The summed E-state index contributed by atoms with van der Waals surface area (Å²) in [5.74, 6) is 0.526. The van der Waals surface area contributed by atoms with Crippen LogP contribution in [0.3, 0.4) is 0 Å². The number of likely N-dealkylation sites (N-methyl/N-ethyl adjacent to an activating group) is 1. The van der Waals surface area contributed by atoms with E-state index in [0.29, 0.717) is 18.0 Å². The van der Waals surface area contributed by atoms with Crippen molar-refractivity contribution in [3.8, 4) is 5.75 Å². The summed E-state index contributed by atoms with van der Waals surface area (Å²) in [5, 5.41) is 4.05. The molecule has 0 saturated carbocycles. The molecule has 0 unspecified atom stereocenters. The molecule has 0 spiro atoms. The highest BCUT2D eigenvalue weighted by Crippen LogP contribution is 2.30. The number of fused-ring (bicyclic) bond motifs is 1. The summed E-state index contributed by atoms with van der Waals surface area (Å²) in [6.07, 6.45) is 0. The van der Waals surface area contributed by atoms with Crippen LogP contribution in [0.15, 0.2) is 72.8 Å². The first kappa shape index (κ1) is 21.0. The first-order valence-electron chi connectivity index (χ1n) is 10.1. The van der Waals surface area contributed by atoms with E-state index in [1.165, 1.54) is 0 Å². The number of aromatic nitrogens is 1. The first-order chi connectivity index (χ1) is 15.0. The van der Waals surface area contributed by atoms with Crippen molar-refractivity contribution in [3.05, 3.63) is 88.9 Å². The first-order valence-corrected chi connectivity index (χ1v) is 10.9. The van der Waals surface area contributed by atoms with Crippen LogP contribution in [0.4, 0.5) is 5.69 Å². The lowest BCUT2D eigenvalue weighted by Gasteiger charge is -2.27. The number of ether oxygens (including phenoxy) is 1. The third-order valence-electron chi connectivity index (χ3n) is 5.14. The number of para-hydroxylation sites is 1. The Morgan fingerprint density at radius 3 is 2.58 bits per heavy atom. The molecular weight excluding hydrogens is 406 g/mol. The van der Waals surface area contributed by atoms with Gasteiger partial charge in [0.05, 0.1) is 29.6 Å². The maximum atomic E-state index is 13.5. The minimum Gasteiger partial charge on any atom is -0.495 e. The van der Waals surface area contributed by atoms with E-state index in [1.807, 2.05) is 85.6 Å². The van der Waals surface area contributed by atoms with Crippen molar-refractivity contribution >= 4 is 33.1 Å². The largest absolute Gasteiger partial charge is 0.495 e. The number of nitrogens with one attached hydrogen (secondary N) is 1. The van der Waals surface area contributed by atoms with Gasteiger partial charge >= 0.3 is 0 Å². The van der Waals surface area contributed by atoms with Gasteiger partial charge in [0.1, 0.15) is 16.8 Å². The number of carbonyl (C=O) groups excluding carboxylic acids is 1. The van der Waals surface area contributed by atoms with Gasteiger partial charge in [-0.3, -0.25) is 9.69 Å².